The molecule has 1 saturated heterocycles. The maximum absolute atomic E-state index is 13.5. The number of rotatable bonds is 3. The Hall–Kier alpha value is -0.840. The summed E-state index contributed by atoms with van der Waals surface area (Å²) in [6.07, 6.45) is -0.869. The van der Waals surface area contributed by atoms with Gasteiger partial charge in [-0.2, -0.15) is 0 Å². The molecule has 0 aliphatic carbocycles. The van der Waals surface area contributed by atoms with Gasteiger partial charge in [-0.25, -0.2) is 9.18 Å². The summed E-state index contributed by atoms with van der Waals surface area (Å²) in [5, 5.41) is 9.18. The van der Waals surface area contributed by atoms with Gasteiger partial charge in [0.05, 0.1) is 6.10 Å². The summed E-state index contributed by atoms with van der Waals surface area (Å²) < 4.78 is 18.8. The molecule has 1 heterocycles. The van der Waals surface area contributed by atoms with E-state index in [1.807, 2.05) is 20.8 Å². The van der Waals surface area contributed by atoms with E-state index in [-0.39, 0.29) is 18.6 Å². The summed E-state index contributed by atoms with van der Waals surface area (Å²) in [6.45, 7) is 7.46. The Bertz CT molecular complexity index is 288. The van der Waals surface area contributed by atoms with Crippen molar-refractivity contribution in [2.45, 2.75) is 70.9 Å². The molecule has 1 amide bonds. The average Bonchev–Trinajstić information content (AvgIpc) is 2.62. The molecule has 5 heteroatoms. The lowest BCUT2D eigenvalue weighted by Crippen LogP contribution is -2.41. The van der Waals surface area contributed by atoms with Crippen molar-refractivity contribution in [1.82, 2.24) is 4.90 Å². The summed E-state index contributed by atoms with van der Waals surface area (Å²) in [4.78, 5) is 13.5. The predicted octanol–water partition coefficient (Wildman–Crippen LogP) is 2.49. The second-order valence-electron chi connectivity index (χ2n) is 5.96. The van der Waals surface area contributed by atoms with E-state index in [1.165, 1.54) is 6.92 Å². The monoisotopic (exact) mass is 261 g/mol. The topological polar surface area (TPSA) is 49.8 Å². The van der Waals surface area contributed by atoms with Crippen LogP contribution in [0.25, 0.3) is 0 Å². The van der Waals surface area contributed by atoms with Crippen LogP contribution in [-0.2, 0) is 4.74 Å². The average molecular weight is 261 g/mol. The van der Waals surface area contributed by atoms with Crippen LogP contribution in [0.5, 0.6) is 0 Å². The van der Waals surface area contributed by atoms with E-state index in [1.54, 1.807) is 4.90 Å². The van der Waals surface area contributed by atoms with Gasteiger partial charge in [0.25, 0.3) is 0 Å². The molecular formula is C13H24FNO3. The molecule has 0 aromatic rings. The molecule has 1 N–H and O–H groups in total. The van der Waals surface area contributed by atoms with Gasteiger partial charge in [0.2, 0.25) is 0 Å². The maximum Gasteiger partial charge on any atom is 0.410 e. The minimum absolute atomic E-state index is 0.163. The molecular weight excluding hydrogens is 237 g/mol. The van der Waals surface area contributed by atoms with E-state index in [0.717, 1.165) is 12.8 Å². The Morgan fingerprint density at radius 1 is 1.56 bits per heavy atom. The largest absolute Gasteiger partial charge is 0.444 e. The Morgan fingerprint density at radius 2 is 2.17 bits per heavy atom. The SMILES string of the molecule is CC(O)C(F)CC1CCCN1C(=O)OC(C)(C)C. The first-order valence-corrected chi connectivity index (χ1v) is 6.52. The second-order valence-corrected chi connectivity index (χ2v) is 5.96. The number of nitrogens with zero attached hydrogens (tertiary/aromatic N) is 1. The predicted molar refractivity (Wildman–Crippen MR) is 67.2 cm³/mol. The fraction of sp³-hybridized carbons (Fsp3) is 0.923. The highest BCUT2D eigenvalue weighted by molar-refractivity contribution is 5.68. The molecule has 0 radical (unpaired) electrons. The third-order valence-corrected chi connectivity index (χ3v) is 3.03. The van der Waals surface area contributed by atoms with E-state index < -0.39 is 17.9 Å². The molecule has 1 aliphatic rings. The normalized spacial score (nSPS) is 23.9. The van der Waals surface area contributed by atoms with Crippen LogP contribution in [0.15, 0.2) is 0 Å². The number of halogens is 1. The van der Waals surface area contributed by atoms with E-state index in [0.29, 0.717) is 6.54 Å². The molecule has 1 rings (SSSR count). The number of hydrogen-bond donors (Lipinski definition) is 1. The number of carbonyl (C=O) groups excluding carboxylic acids is 1. The van der Waals surface area contributed by atoms with Gasteiger partial charge in [0, 0.05) is 19.0 Å². The van der Waals surface area contributed by atoms with Crippen LogP contribution in [0, 0.1) is 0 Å². The summed E-state index contributed by atoms with van der Waals surface area (Å²) in [7, 11) is 0. The van der Waals surface area contributed by atoms with Gasteiger partial charge in [-0.1, -0.05) is 0 Å². The summed E-state index contributed by atoms with van der Waals surface area (Å²) in [5.74, 6) is 0. The van der Waals surface area contributed by atoms with Gasteiger partial charge in [-0.05, 0) is 40.5 Å². The Labute approximate surface area is 108 Å². The van der Waals surface area contributed by atoms with Gasteiger partial charge in [0.15, 0.2) is 0 Å². The number of likely N-dealkylation sites (tertiary alicyclic amines) is 1. The van der Waals surface area contributed by atoms with Crippen molar-refractivity contribution in [3.8, 4) is 0 Å². The Morgan fingerprint density at radius 3 is 2.67 bits per heavy atom. The van der Waals surface area contributed by atoms with Crippen LogP contribution < -0.4 is 0 Å². The molecule has 3 atom stereocenters. The fourth-order valence-electron chi connectivity index (χ4n) is 2.10. The van der Waals surface area contributed by atoms with Gasteiger partial charge in [0.1, 0.15) is 11.8 Å². The minimum Gasteiger partial charge on any atom is -0.444 e. The molecule has 0 bridgehead atoms. The number of ether oxygens (including phenoxy) is 1. The number of alkyl halides is 1. The molecule has 0 spiro atoms. The van der Waals surface area contributed by atoms with Crippen LogP contribution in [0.3, 0.4) is 0 Å². The first kappa shape index (κ1) is 15.2. The van der Waals surface area contributed by atoms with Gasteiger partial charge < -0.3 is 14.7 Å². The van der Waals surface area contributed by atoms with E-state index in [4.69, 9.17) is 4.74 Å². The highest BCUT2D eigenvalue weighted by Crippen LogP contribution is 2.25. The zero-order valence-corrected chi connectivity index (χ0v) is 11.6. The molecule has 18 heavy (non-hydrogen) atoms. The number of amides is 1. The standard InChI is InChI=1S/C13H24FNO3/c1-9(16)11(14)8-10-6-5-7-15(10)12(17)18-13(2,3)4/h9-11,16H,5-8H2,1-4H3. The molecule has 0 aromatic heterocycles. The van der Waals surface area contributed by atoms with Crippen LogP contribution in [0.4, 0.5) is 9.18 Å². The van der Waals surface area contributed by atoms with Crippen LogP contribution in [0.1, 0.15) is 47.0 Å². The van der Waals surface area contributed by atoms with Crippen molar-refractivity contribution < 1.29 is 19.0 Å². The molecule has 0 saturated carbocycles. The highest BCUT2D eigenvalue weighted by atomic mass is 19.1. The molecule has 0 aromatic carbocycles. The van der Waals surface area contributed by atoms with E-state index in [9.17, 15) is 14.3 Å². The first-order valence-electron chi connectivity index (χ1n) is 6.52. The first-order chi connectivity index (χ1) is 8.20. The van der Waals surface area contributed by atoms with Crippen LogP contribution >= 0.6 is 0 Å². The van der Waals surface area contributed by atoms with Crippen molar-refractivity contribution in [3.63, 3.8) is 0 Å². The molecule has 4 nitrogen and oxygen atoms in total. The smallest absolute Gasteiger partial charge is 0.410 e. The lowest BCUT2D eigenvalue weighted by molar-refractivity contribution is 0.0153. The Balaban J connectivity index is 2.56. The van der Waals surface area contributed by atoms with Gasteiger partial charge >= 0.3 is 6.09 Å². The lowest BCUT2D eigenvalue weighted by atomic mass is 10.0. The maximum atomic E-state index is 13.5. The van der Waals surface area contributed by atoms with E-state index in [2.05, 4.69) is 0 Å². The minimum atomic E-state index is -1.29. The van der Waals surface area contributed by atoms with Gasteiger partial charge in [-0.15, -0.1) is 0 Å². The summed E-state index contributed by atoms with van der Waals surface area (Å²) >= 11 is 0. The molecule has 106 valence electrons. The van der Waals surface area contributed by atoms with Crippen LogP contribution in [-0.4, -0.2) is 46.6 Å². The quantitative estimate of drug-likeness (QED) is 0.849. The van der Waals surface area contributed by atoms with Crippen molar-refractivity contribution in [3.05, 3.63) is 0 Å². The van der Waals surface area contributed by atoms with E-state index >= 15 is 0 Å². The second kappa shape index (κ2) is 5.87. The summed E-state index contributed by atoms with van der Waals surface area (Å²) in [6, 6.07) is -0.163. The number of carbonyl (C=O) groups is 1. The van der Waals surface area contributed by atoms with Crippen LogP contribution in [0.2, 0.25) is 0 Å². The molecule has 1 aliphatic heterocycles. The van der Waals surface area contributed by atoms with Crippen molar-refractivity contribution >= 4 is 6.09 Å². The zero-order valence-electron chi connectivity index (χ0n) is 11.6. The Kier molecular flexibility index (Phi) is 4.96. The fourth-order valence-corrected chi connectivity index (χ4v) is 2.10. The molecule has 1 fully saturated rings. The lowest BCUT2D eigenvalue weighted by Gasteiger charge is -2.29. The van der Waals surface area contributed by atoms with Gasteiger partial charge in [-0.3, -0.25) is 0 Å². The third-order valence-electron chi connectivity index (χ3n) is 3.03. The number of aliphatic hydroxyl groups is 1. The van der Waals surface area contributed by atoms with Crippen molar-refractivity contribution in [2.24, 2.45) is 0 Å². The highest BCUT2D eigenvalue weighted by Gasteiger charge is 2.34. The number of hydrogen-bond acceptors (Lipinski definition) is 3. The summed E-state index contributed by atoms with van der Waals surface area (Å²) in [5.41, 5.74) is -0.538. The number of aliphatic hydroxyl groups excluding tert-OH is 1. The third kappa shape index (κ3) is 4.44. The van der Waals surface area contributed by atoms with Crippen molar-refractivity contribution in [2.75, 3.05) is 6.54 Å². The zero-order chi connectivity index (χ0) is 13.9. The van der Waals surface area contributed by atoms with Crippen molar-refractivity contribution in [1.29, 1.82) is 0 Å². The molecule has 3 unspecified atom stereocenters.